The van der Waals surface area contributed by atoms with Crippen LogP contribution < -0.4 is 10.9 Å². The Bertz CT molecular complexity index is 1410. The number of halogens is 2. The number of nitrogens with zero attached hydrogens (tertiary/aromatic N) is 2. The second-order valence-corrected chi connectivity index (χ2v) is 8.27. The van der Waals surface area contributed by atoms with Gasteiger partial charge >= 0.3 is 0 Å². The topological polar surface area (TPSA) is 110 Å². The van der Waals surface area contributed by atoms with Crippen LogP contribution in [0.1, 0.15) is 17.0 Å². The molecule has 0 radical (unpaired) electrons. The van der Waals surface area contributed by atoms with Gasteiger partial charge in [-0.25, -0.2) is 0 Å². The molecule has 2 aromatic heterocycles. The van der Waals surface area contributed by atoms with Crippen molar-refractivity contribution in [3.8, 4) is 0 Å². The predicted octanol–water partition coefficient (Wildman–Crippen LogP) is 4.49. The van der Waals surface area contributed by atoms with Crippen LogP contribution in [0.2, 0.25) is 10.0 Å². The lowest BCUT2D eigenvalue weighted by Crippen LogP contribution is -2.34. The van der Waals surface area contributed by atoms with Crippen molar-refractivity contribution in [1.29, 1.82) is 0 Å². The van der Waals surface area contributed by atoms with Crippen molar-refractivity contribution in [2.24, 2.45) is 0 Å². The molecule has 33 heavy (non-hydrogen) atoms. The van der Waals surface area contributed by atoms with Gasteiger partial charge in [-0.15, -0.1) is 0 Å². The van der Waals surface area contributed by atoms with Gasteiger partial charge in [0.15, 0.2) is 0 Å². The summed E-state index contributed by atoms with van der Waals surface area (Å²) in [5.74, 6) is -0.774. The lowest BCUT2D eigenvalue weighted by molar-refractivity contribution is -0.385. The maximum atomic E-state index is 12.7. The first-order valence-electron chi connectivity index (χ1n) is 9.96. The number of fused-ring (bicyclic) bond motifs is 1. The summed E-state index contributed by atoms with van der Waals surface area (Å²) in [5.41, 5.74) is 1.87. The molecule has 0 spiro atoms. The standard InChI is InChI=1S/C23H18Cl2N4O4/c24-14-5-7-16(20(25)9-14)18(19-10-26-21-4-2-1-3-17(19)21)11-27-22(30)13-28-12-15(29(32)33)6-8-23(28)31/h1-10,12,18,26H,11,13H2,(H,27,30). The first kappa shape index (κ1) is 22.6. The zero-order valence-electron chi connectivity index (χ0n) is 17.1. The van der Waals surface area contributed by atoms with Crippen molar-refractivity contribution in [3.05, 3.63) is 109 Å². The fraction of sp³-hybridized carbons (Fsp3) is 0.130. The van der Waals surface area contributed by atoms with Gasteiger partial charge in [0.2, 0.25) is 5.91 Å². The van der Waals surface area contributed by atoms with Gasteiger partial charge in [-0.05, 0) is 29.3 Å². The second-order valence-electron chi connectivity index (χ2n) is 7.42. The van der Waals surface area contributed by atoms with Crippen LogP contribution in [-0.2, 0) is 11.3 Å². The zero-order chi connectivity index (χ0) is 23.5. The Labute approximate surface area is 197 Å². The molecule has 0 saturated carbocycles. The highest BCUT2D eigenvalue weighted by Crippen LogP contribution is 2.35. The Morgan fingerprint density at radius 2 is 1.91 bits per heavy atom. The monoisotopic (exact) mass is 484 g/mol. The molecule has 8 nitrogen and oxygen atoms in total. The third-order valence-corrected chi connectivity index (χ3v) is 5.89. The molecule has 0 saturated heterocycles. The summed E-state index contributed by atoms with van der Waals surface area (Å²) in [6, 6.07) is 15.1. The van der Waals surface area contributed by atoms with E-state index >= 15 is 0 Å². The Hall–Kier alpha value is -3.62. The largest absolute Gasteiger partial charge is 0.361 e. The smallest absolute Gasteiger partial charge is 0.285 e. The van der Waals surface area contributed by atoms with Gasteiger partial charge in [0.25, 0.3) is 11.2 Å². The number of aromatic nitrogens is 2. The van der Waals surface area contributed by atoms with E-state index in [1.165, 1.54) is 0 Å². The van der Waals surface area contributed by atoms with Gasteiger partial charge < -0.3 is 10.3 Å². The molecular weight excluding hydrogens is 467 g/mol. The average Bonchev–Trinajstić information content (AvgIpc) is 3.20. The minimum atomic E-state index is -0.622. The number of para-hydroxylation sites is 1. The molecule has 4 aromatic rings. The van der Waals surface area contributed by atoms with Gasteiger partial charge in [-0.3, -0.25) is 24.3 Å². The molecule has 1 amide bonds. The Morgan fingerprint density at radius 1 is 1.12 bits per heavy atom. The van der Waals surface area contributed by atoms with Crippen LogP contribution in [0.25, 0.3) is 10.9 Å². The number of rotatable bonds is 7. The van der Waals surface area contributed by atoms with Crippen LogP contribution in [0, 0.1) is 10.1 Å². The Morgan fingerprint density at radius 3 is 2.67 bits per heavy atom. The zero-order valence-corrected chi connectivity index (χ0v) is 18.6. The number of pyridine rings is 1. The van der Waals surface area contributed by atoms with Crippen molar-refractivity contribution in [2.75, 3.05) is 6.54 Å². The van der Waals surface area contributed by atoms with E-state index in [2.05, 4.69) is 10.3 Å². The summed E-state index contributed by atoms with van der Waals surface area (Å²) < 4.78 is 1.00. The highest BCUT2D eigenvalue weighted by atomic mass is 35.5. The first-order valence-corrected chi connectivity index (χ1v) is 10.7. The van der Waals surface area contributed by atoms with Crippen LogP contribution in [-0.4, -0.2) is 26.9 Å². The summed E-state index contributed by atoms with van der Waals surface area (Å²) >= 11 is 12.6. The number of hydrogen-bond acceptors (Lipinski definition) is 4. The minimum Gasteiger partial charge on any atom is -0.361 e. The van der Waals surface area contributed by atoms with Crippen molar-refractivity contribution >= 4 is 45.7 Å². The highest BCUT2D eigenvalue weighted by Gasteiger charge is 2.22. The van der Waals surface area contributed by atoms with Gasteiger partial charge in [-0.1, -0.05) is 47.5 Å². The minimum absolute atomic E-state index is 0.186. The number of H-pyrrole nitrogens is 1. The number of hydrogen-bond donors (Lipinski definition) is 2. The lowest BCUT2D eigenvalue weighted by Gasteiger charge is -2.20. The predicted molar refractivity (Wildman–Crippen MR) is 127 cm³/mol. The van der Waals surface area contributed by atoms with Crippen molar-refractivity contribution in [2.45, 2.75) is 12.5 Å². The SMILES string of the molecule is O=C(Cn1cc([N+](=O)[O-])ccc1=O)NCC(c1ccc(Cl)cc1Cl)c1c[nH]c2ccccc12. The molecule has 2 N–H and O–H groups in total. The summed E-state index contributed by atoms with van der Waals surface area (Å²) in [4.78, 5) is 38.3. The number of carbonyl (C=O) groups is 1. The molecule has 2 aromatic carbocycles. The number of amides is 1. The van der Waals surface area contributed by atoms with Crippen LogP contribution in [0.15, 0.2) is 71.8 Å². The third kappa shape index (κ3) is 4.92. The molecule has 1 unspecified atom stereocenters. The quantitative estimate of drug-likeness (QED) is 0.297. The fourth-order valence-electron chi connectivity index (χ4n) is 3.73. The summed E-state index contributed by atoms with van der Waals surface area (Å²) in [7, 11) is 0. The van der Waals surface area contributed by atoms with Gasteiger partial charge in [-0.2, -0.15) is 0 Å². The number of aromatic amines is 1. The molecule has 4 rings (SSSR count). The van der Waals surface area contributed by atoms with Crippen LogP contribution in [0.4, 0.5) is 5.69 Å². The molecular formula is C23H18Cl2N4O4. The van der Waals surface area contributed by atoms with Crippen molar-refractivity contribution in [1.82, 2.24) is 14.9 Å². The molecule has 1 atom stereocenters. The van der Waals surface area contributed by atoms with E-state index in [1.54, 1.807) is 12.1 Å². The fourth-order valence-corrected chi connectivity index (χ4v) is 4.27. The second kappa shape index (κ2) is 9.48. The number of nitro groups is 1. The van der Waals surface area contributed by atoms with Crippen LogP contribution in [0.5, 0.6) is 0 Å². The normalized spacial score (nSPS) is 11.9. The van der Waals surface area contributed by atoms with E-state index in [9.17, 15) is 19.7 Å². The van der Waals surface area contributed by atoms with Crippen molar-refractivity contribution in [3.63, 3.8) is 0 Å². The van der Waals surface area contributed by atoms with Crippen LogP contribution >= 0.6 is 23.2 Å². The molecule has 0 aliphatic heterocycles. The van der Waals surface area contributed by atoms with E-state index in [0.29, 0.717) is 10.0 Å². The maximum absolute atomic E-state index is 12.7. The molecule has 168 valence electrons. The van der Waals surface area contributed by atoms with E-state index < -0.39 is 16.4 Å². The first-order chi connectivity index (χ1) is 15.8. The van der Waals surface area contributed by atoms with E-state index in [0.717, 1.165) is 44.9 Å². The number of carbonyl (C=O) groups excluding carboxylic acids is 1. The number of nitrogens with one attached hydrogen (secondary N) is 2. The Kier molecular flexibility index (Phi) is 6.48. The van der Waals surface area contributed by atoms with E-state index in [4.69, 9.17) is 23.2 Å². The summed E-state index contributed by atoms with van der Waals surface area (Å²) in [6.45, 7) is -0.165. The Balaban J connectivity index is 1.61. The lowest BCUT2D eigenvalue weighted by atomic mass is 9.90. The summed E-state index contributed by atoms with van der Waals surface area (Å²) in [5, 5.41) is 15.7. The van der Waals surface area contributed by atoms with E-state index in [1.807, 2.05) is 36.5 Å². The number of benzene rings is 2. The molecule has 10 heteroatoms. The highest BCUT2D eigenvalue weighted by molar-refractivity contribution is 6.35. The molecule has 2 heterocycles. The van der Waals surface area contributed by atoms with Gasteiger partial charge in [0.05, 0.1) is 11.1 Å². The van der Waals surface area contributed by atoms with Crippen LogP contribution in [0.3, 0.4) is 0 Å². The molecule has 0 aliphatic rings. The van der Waals surface area contributed by atoms with Gasteiger partial charge in [0.1, 0.15) is 6.54 Å². The van der Waals surface area contributed by atoms with Crippen molar-refractivity contribution < 1.29 is 9.72 Å². The van der Waals surface area contributed by atoms with E-state index in [-0.39, 0.29) is 24.7 Å². The molecule has 0 bridgehead atoms. The molecule has 0 aliphatic carbocycles. The average molecular weight is 485 g/mol. The summed E-state index contributed by atoms with van der Waals surface area (Å²) in [6.07, 6.45) is 2.92. The maximum Gasteiger partial charge on any atom is 0.285 e. The molecule has 0 fully saturated rings. The van der Waals surface area contributed by atoms with Gasteiger partial charge in [0, 0.05) is 51.7 Å². The third-order valence-electron chi connectivity index (χ3n) is 5.33.